The van der Waals surface area contributed by atoms with Gasteiger partial charge in [0.25, 0.3) is 5.91 Å². The van der Waals surface area contributed by atoms with Gasteiger partial charge in [0, 0.05) is 17.3 Å². The van der Waals surface area contributed by atoms with Crippen LogP contribution < -0.4 is 15.8 Å². The third-order valence-electron chi connectivity index (χ3n) is 2.77. The van der Waals surface area contributed by atoms with Crippen LogP contribution in [0.3, 0.4) is 0 Å². The van der Waals surface area contributed by atoms with Gasteiger partial charge in [0.2, 0.25) is 0 Å². The number of amides is 1. The van der Waals surface area contributed by atoms with Gasteiger partial charge in [0.15, 0.2) is 0 Å². The van der Waals surface area contributed by atoms with Gasteiger partial charge in [-0.05, 0) is 53.5 Å². The molecule has 0 aliphatic heterocycles. The highest BCUT2D eigenvalue weighted by Crippen LogP contribution is 2.21. The van der Waals surface area contributed by atoms with Gasteiger partial charge in [0.05, 0.1) is 18.5 Å². The van der Waals surface area contributed by atoms with Crippen molar-refractivity contribution in [3.63, 3.8) is 0 Å². The Labute approximate surface area is 131 Å². The molecule has 0 unspecified atom stereocenters. The zero-order valence-electron chi connectivity index (χ0n) is 11.8. The average Bonchev–Trinajstić information content (AvgIpc) is 2.42. The van der Waals surface area contributed by atoms with Crippen LogP contribution in [-0.4, -0.2) is 17.5 Å². The van der Waals surface area contributed by atoms with E-state index in [1.165, 1.54) is 0 Å². The number of nitrogens with zero attached hydrogens (tertiary/aromatic N) is 1. The van der Waals surface area contributed by atoms with Crippen LogP contribution in [0.4, 0.5) is 11.4 Å². The lowest BCUT2D eigenvalue weighted by Crippen LogP contribution is -2.13. The molecule has 0 atom stereocenters. The first-order chi connectivity index (χ1) is 9.99. The molecule has 0 bridgehead atoms. The minimum atomic E-state index is -0.258. The lowest BCUT2D eigenvalue weighted by molar-refractivity contribution is 0.102. The van der Waals surface area contributed by atoms with Crippen LogP contribution in [-0.2, 0) is 0 Å². The van der Waals surface area contributed by atoms with Crippen molar-refractivity contribution in [3.05, 3.63) is 46.2 Å². The number of nitrogens with two attached hydrogens (primary N) is 1. The van der Waals surface area contributed by atoms with Gasteiger partial charge in [-0.2, -0.15) is 0 Å². The number of aryl methyl sites for hydroxylation is 1. The molecule has 0 fully saturated rings. The highest BCUT2D eigenvalue weighted by molar-refractivity contribution is 9.10. The first kappa shape index (κ1) is 15.3. The molecule has 5 nitrogen and oxygen atoms in total. The number of anilines is 2. The highest BCUT2D eigenvalue weighted by Gasteiger charge is 2.10. The molecule has 1 heterocycles. The first-order valence-electron chi connectivity index (χ1n) is 6.46. The molecule has 0 saturated heterocycles. The Hall–Kier alpha value is -2.08. The van der Waals surface area contributed by atoms with E-state index in [2.05, 4.69) is 26.2 Å². The van der Waals surface area contributed by atoms with E-state index in [1.807, 2.05) is 19.9 Å². The van der Waals surface area contributed by atoms with Crippen LogP contribution >= 0.6 is 15.9 Å². The Morgan fingerprint density at radius 2 is 2.14 bits per heavy atom. The molecular formula is C15H16BrN3O2. The lowest BCUT2D eigenvalue weighted by atomic mass is 10.1. The van der Waals surface area contributed by atoms with Gasteiger partial charge in [-0.25, -0.2) is 4.98 Å². The van der Waals surface area contributed by atoms with Crippen molar-refractivity contribution in [3.8, 4) is 5.75 Å². The molecular weight excluding hydrogens is 334 g/mol. The molecule has 21 heavy (non-hydrogen) atoms. The maximum absolute atomic E-state index is 12.3. The monoisotopic (exact) mass is 349 g/mol. The zero-order valence-corrected chi connectivity index (χ0v) is 13.4. The average molecular weight is 350 g/mol. The summed E-state index contributed by atoms with van der Waals surface area (Å²) in [5.74, 6) is 0.319. The third kappa shape index (κ3) is 3.95. The molecule has 2 aromatic rings. The normalized spacial score (nSPS) is 10.2. The molecule has 0 aliphatic carbocycles. The number of hydrogen-bond acceptors (Lipinski definition) is 4. The fourth-order valence-corrected chi connectivity index (χ4v) is 2.05. The summed E-state index contributed by atoms with van der Waals surface area (Å²) in [5, 5.41) is 2.79. The second-order valence-corrected chi connectivity index (χ2v) is 5.26. The van der Waals surface area contributed by atoms with Crippen LogP contribution in [0.1, 0.15) is 22.8 Å². The molecule has 110 valence electrons. The SMILES string of the molecule is CCOc1cc(N)cc(C(=O)Nc2cnc(Br)c(C)c2)c1. The fourth-order valence-electron chi connectivity index (χ4n) is 1.83. The van der Waals surface area contributed by atoms with E-state index < -0.39 is 0 Å². The number of rotatable bonds is 4. The summed E-state index contributed by atoms with van der Waals surface area (Å²) in [6, 6.07) is 6.79. The van der Waals surface area contributed by atoms with Crippen molar-refractivity contribution < 1.29 is 9.53 Å². The Morgan fingerprint density at radius 3 is 2.81 bits per heavy atom. The Balaban J connectivity index is 2.21. The van der Waals surface area contributed by atoms with Gasteiger partial charge < -0.3 is 15.8 Å². The summed E-state index contributed by atoms with van der Waals surface area (Å²) in [4.78, 5) is 16.4. The summed E-state index contributed by atoms with van der Waals surface area (Å²) in [5.41, 5.74) is 8.28. The Kier molecular flexibility index (Phi) is 4.80. The van der Waals surface area contributed by atoms with Crippen molar-refractivity contribution in [2.45, 2.75) is 13.8 Å². The number of ether oxygens (including phenoxy) is 1. The molecule has 1 aromatic heterocycles. The number of pyridine rings is 1. The molecule has 0 radical (unpaired) electrons. The number of halogens is 1. The van der Waals surface area contributed by atoms with E-state index >= 15 is 0 Å². The number of nitrogen functional groups attached to an aromatic ring is 1. The van der Waals surface area contributed by atoms with Gasteiger partial charge >= 0.3 is 0 Å². The number of carbonyl (C=O) groups is 1. The second-order valence-electron chi connectivity index (χ2n) is 4.51. The lowest BCUT2D eigenvalue weighted by Gasteiger charge is -2.09. The molecule has 2 rings (SSSR count). The van der Waals surface area contributed by atoms with Crippen LogP contribution in [0.5, 0.6) is 5.75 Å². The number of hydrogen-bond donors (Lipinski definition) is 2. The maximum Gasteiger partial charge on any atom is 0.255 e. The fraction of sp³-hybridized carbons (Fsp3) is 0.200. The molecule has 0 saturated carbocycles. The maximum atomic E-state index is 12.3. The van der Waals surface area contributed by atoms with Gasteiger partial charge in [0.1, 0.15) is 10.4 Å². The number of aromatic nitrogens is 1. The predicted molar refractivity (Wildman–Crippen MR) is 86.7 cm³/mol. The summed E-state index contributed by atoms with van der Waals surface area (Å²) in [7, 11) is 0. The van der Waals surface area contributed by atoms with Gasteiger partial charge in [-0.1, -0.05) is 0 Å². The minimum absolute atomic E-state index is 0.258. The second kappa shape index (κ2) is 6.58. The van der Waals surface area contributed by atoms with E-state index in [-0.39, 0.29) is 5.91 Å². The molecule has 1 amide bonds. The Morgan fingerprint density at radius 1 is 1.38 bits per heavy atom. The van der Waals surface area contributed by atoms with Crippen molar-refractivity contribution in [2.24, 2.45) is 0 Å². The third-order valence-corrected chi connectivity index (χ3v) is 3.60. The first-order valence-corrected chi connectivity index (χ1v) is 7.25. The quantitative estimate of drug-likeness (QED) is 0.655. The topological polar surface area (TPSA) is 77.2 Å². The zero-order chi connectivity index (χ0) is 15.4. The van der Waals surface area contributed by atoms with Gasteiger partial charge in [-0.3, -0.25) is 4.79 Å². The summed E-state index contributed by atoms with van der Waals surface area (Å²) in [6.07, 6.45) is 1.59. The molecule has 6 heteroatoms. The molecule has 1 aromatic carbocycles. The molecule has 0 aliphatic rings. The van der Waals surface area contributed by atoms with Crippen molar-refractivity contribution in [2.75, 3.05) is 17.7 Å². The largest absolute Gasteiger partial charge is 0.494 e. The predicted octanol–water partition coefficient (Wildman–Crippen LogP) is 3.39. The highest BCUT2D eigenvalue weighted by atomic mass is 79.9. The summed E-state index contributed by atoms with van der Waals surface area (Å²) in [6.45, 7) is 4.29. The van der Waals surface area contributed by atoms with Crippen molar-refractivity contribution in [1.82, 2.24) is 4.98 Å². The van der Waals surface area contributed by atoms with E-state index in [0.29, 0.717) is 29.3 Å². The van der Waals surface area contributed by atoms with Crippen molar-refractivity contribution >= 4 is 33.2 Å². The Bertz CT molecular complexity index is 674. The van der Waals surface area contributed by atoms with Crippen LogP contribution in [0, 0.1) is 6.92 Å². The van der Waals surface area contributed by atoms with Gasteiger partial charge in [-0.15, -0.1) is 0 Å². The van der Waals surface area contributed by atoms with Crippen LogP contribution in [0.25, 0.3) is 0 Å². The van der Waals surface area contributed by atoms with E-state index in [4.69, 9.17) is 10.5 Å². The number of carbonyl (C=O) groups excluding carboxylic acids is 1. The number of nitrogens with one attached hydrogen (secondary N) is 1. The van der Waals surface area contributed by atoms with E-state index in [9.17, 15) is 4.79 Å². The van der Waals surface area contributed by atoms with Crippen molar-refractivity contribution in [1.29, 1.82) is 0 Å². The molecule has 3 N–H and O–H groups in total. The number of benzene rings is 1. The van der Waals surface area contributed by atoms with E-state index in [1.54, 1.807) is 24.4 Å². The standard InChI is InChI=1S/C15H16BrN3O2/c1-3-21-13-6-10(5-11(17)7-13)15(20)19-12-4-9(2)14(16)18-8-12/h4-8H,3,17H2,1-2H3,(H,19,20). The molecule has 0 spiro atoms. The van der Waals surface area contributed by atoms with Crippen LogP contribution in [0.15, 0.2) is 35.1 Å². The smallest absolute Gasteiger partial charge is 0.255 e. The van der Waals surface area contributed by atoms with E-state index in [0.717, 1.165) is 10.2 Å². The van der Waals surface area contributed by atoms with Crippen LogP contribution in [0.2, 0.25) is 0 Å². The summed E-state index contributed by atoms with van der Waals surface area (Å²) >= 11 is 3.32. The minimum Gasteiger partial charge on any atom is -0.494 e. The summed E-state index contributed by atoms with van der Waals surface area (Å²) < 4.78 is 6.14.